The molecule has 0 radical (unpaired) electrons. The highest BCUT2D eigenvalue weighted by Crippen LogP contribution is 2.48. The molecule has 3 aromatic rings. The van der Waals surface area contributed by atoms with Crippen molar-refractivity contribution in [3.8, 4) is 17.2 Å². The van der Waals surface area contributed by atoms with Crippen molar-refractivity contribution in [1.82, 2.24) is 0 Å². The first-order valence-electron chi connectivity index (χ1n) is 10.0. The molecule has 0 bridgehead atoms. The highest BCUT2D eigenvalue weighted by Gasteiger charge is 2.42. The van der Waals surface area contributed by atoms with Gasteiger partial charge in [-0.3, -0.25) is 0 Å². The second-order valence-electron chi connectivity index (χ2n) is 7.49. The number of methoxy groups -OCH3 is 1. The summed E-state index contributed by atoms with van der Waals surface area (Å²) >= 11 is 0. The van der Waals surface area contributed by atoms with Crippen molar-refractivity contribution in [3.05, 3.63) is 83.1 Å². The summed E-state index contributed by atoms with van der Waals surface area (Å²) in [5.74, 6) is -0.241. The summed E-state index contributed by atoms with van der Waals surface area (Å²) in [4.78, 5) is 12.7. The summed E-state index contributed by atoms with van der Waals surface area (Å²) in [6.45, 7) is 1.73. The van der Waals surface area contributed by atoms with Gasteiger partial charge in [-0.1, -0.05) is 36.4 Å². The second-order valence-corrected chi connectivity index (χ2v) is 9.25. The summed E-state index contributed by atoms with van der Waals surface area (Å²) in [6.07, 6.45) is 0. The molecule has 33 heavy (non-hydrogen) atoms. The fourth-order valence-corrected chi connectivity index (χ4v) is 5.92. The molecule has 0 fully saturated rings. The number of aryl methyl sites for hydroxylation is 1. The Morgan fingerprint density at radius 3 is 2.52 bits per heavy atom. The van der Waals surface area contributed by atoms with Crippen LogP contribution in [0.15, 0.2) is 71.3 Å². The van der Waals surface area contributed by atoms with Crippen molar-refractivity contribution in [1.29, 1.82) is 0 Å². The molecule has 0 aliphatic carbocycles. The van der Waals surface area contributed by atoms with E-state index in [0.29, 0.717) is 28.4 Å². The van der Waals surface area contributed by atoms with Crippen LogP contribution in [0.3, 0.4) is 0 Å². The minimum atomic E-state index is -4.21. The molecule has 0 atom stereocenters. The number of carbonyl (C=O) groups is 1. The van der Waals surface area contributed by atoms with Gasteiger partial charge in [-0.15, -0.1) is 0 Å². The number of aliphatic carboxylic acids is 1. The molecule has 2 aliphatic rings. The summed E-state index contributed by atoms with van der Waals surface area (Å²) < 4.78 is 44.8. The maximum absolute atomic E-state index is 13.7. The zero-order chi connectivity index (χ0) is 23.3. The number of anilines is 1. The standard InChI is InChI=1S/C24H19NO7S/c1-14-7-3-5-9-17(14)25-22(24(26)27)21(16-8-4-6-10-20(16)33(25,28)29)15-11-18(30-2)23-19(12-15)31-13-32-23/h3-12H,13H2,1-2H3,(H,26,27). The van der Waals surface area contributed by atoms with E-state index in [1.165, 1.54) is 13.2 Å². The number of hydrogen-bond acceptors (Lipinski definition) is 6. The Labute approximate surface area is 190 Å². The Bertz CT molecular complexity index is 1440. The van der Waals surface area contributed by atoms with E-state index in [9.17, 15) is 18.3 Å². The number of para-hydroxylation sites is 1. The smallest absolute Gasteiger partial charge is 0.354 e. The van der Waals surface area contributed by atoms with Gasteiger partial charge in [-0.25, -0.2) is 17.5 Å². The number of carboxylic acid groups (broad SMARTS) is 1. The Balaban J connectivity index is 1.91. The van der Waals surface area contributed by atoms with Gasteiger partial charge in [-0.2, -0.15) is 0 Å². The van der Waals surface area contributed by atoms with Gasteiger partial charge in [0.2, 0.25) is 12.5 Å². The first-order valence-corrected chi connectivity index (χ1v) is 11.4. The molecule has 1 N–H and O–H groups in total. The van der Waals surface area contributed by atoms with Gasteiger partial charge >= 0.3 is 5.97 Å². The monoisotopic (exact) mass is 465 g/mol. The molecule has 2 heterocycles. The number of carboxylic acids is 1. The van der Waals surface area contributed by atoms with Crippen molar-refractivity contribution < 1.29 is 32.5 Å². The zero-order valence-corrected chi connectivity index (χ0v) is 18.5. The van der Waals surface area contributed by atoms with Gasteiger partial charge in [0.15, 0.2) is 17.2 Å². The number of rotatable bonds is 4. The fraction of sp³-hybridized carbons (Fsp3) is 0.125. The molecular formula is C24H19NO7S. The topological polar surface area (TPSA) is 102 Å². The van der Waals surface area contributed by atoms with Crippen LogP contribution >= 0.6 is 0 Å². The largest absolute Gasteiger partial charge is 0.493 e. The minimum Gasteiger partial charge on any atom is -0.493 e. The average molecular weight is 465 g/mol. The van der Waals surface area contributed by atoms with Gasteiger partial charge in [0.1, 0.15) is 0 Å². The van der Waals surface area contributed by atoms with Gasteiger partial charge in [-0.05, 0) is 42.3 Å². The van der Waals surface area contributed by atoms with Crippen LogP contribution in [0.1, 0.15) is 16.7 Å². The number of fused-ring (bicyclic) bond motifs is 2. The average Bonchev–Trinajstić information content (AvgIpc) is 3.27. The molecule has 0 saturated carbocycles. The SMILES string of the molecule is COc1cc(C2=C(C(=O)O)N(c3ccccc3C)S(=O)(=O)c3ccccc32)cc2c1OCO2. The van der Waals surface area contributed by atoms with Crippen LogP contribution in [0.25, 0.3) is 5.57 Å². The Hall–Kier alpha value is -3.98. The van der Waals surface area contributed by atoms with E-state index >= 15 is 0 Å². The predicted octanol–water partition coefficient (Wildman–Crippen LogP) is 3.79. The Kier molecular flexibility index (Phi) is 4.79. The molecule has 3 aromatic carbocycles. The molecule has 168 valence electrons. The number of ether oxygens (including phenoxy) is 3. The maximum atomic E-state index is 13.7. The van der Waals surface area contributed by atoms with Crippen molar-refractivity contribution in [2.24, 2.45) is 0 Å². The van der Waals surface area contributed by atoms with Crippen LogP contribution in [0.5, 0.6) is 17.2 Å². The minimum absolute atomic E-state index is 0.000281. The zero-order valence-electron chi connectivity index (χ0n) is 17.7. The molecule has 0 spiro atoms. The van der Waals surface area contributed by atoms with Gasteiger partial charge in [0.25, 0.3) is 10.0 Å². The lowest BCUT2D eigenvalue weighted by Gasteiger charge is -2.33. The third-order valence-electron chi connectivity index (χ3n) is 5.60. The lowest BCUT2D eigenvalue weighted by molar-refractivity contribution is -0.132. The molecule has 5 rings (SSSR count). The maximum Gasteiger partial charge on any atom is 0.354 e. The lowest BCUT2D eigenvalue weighted by atomic mass is 9.94. The van der Waals surface area contributed by atoms with E-state index in [1.807, 2.05) is 0 Å². The molecule has 2 aliphatic heterocycles. The van der Waals surface area contributed by atoms with Crippen LogP contribution in [0.4, 0.5) is 5.69 Å². The molecular weight excluding hydrogens is 446 g/mol. The molecule has 9 heteroatoms. The fourth-order valence-electron chi connectivity index (χ4n) is 4.15. The van der Waals surface area contributed by atoms with Gasteiger partial charge < -0.3 is 19.3 Å². The van der Waals surface area contributed by atoms with Crippen molar-refractivity contribution in [3.63, 3.8) is 0 Å². The van der Waals surface area contributed by atoms with Crippen LogP contribution in [-0.4, -0.2) is 33.4 Å². The number of hydrogen-bond donors (Lipinski definition) is 1. The van der Waals surface area contributed by atoms with E-state index in [1.54, 1.807) is 61.5 Å². The van der Waals surface area contributed by atoms with E-state index in [0.717, 1.165) is 4.31 Å². The van der Waals surface area contributed by atoms with Crippen molar-refractivity contribution in [2.75, 3.05) is 18.2 Å². The van der Waals surface area contributed by atoms with Crippen molar-refractivity contribution in [2.45, 2.75) is 11.8 Å². The van der Waals surface area contributed by atoms with Gasteiger partial charge in [0, 0.05) is 11.1 Å². The Morgan fingerprint density at radius 2 is 1.79 bits per heavy atom. The molecule has 0 saturated heterocycles. The second kappa shape index (κ2) is 7.56. The predicted molar refractivity (Wildman–Crippen MR) is 120 cm³/mol. The Morgan fingerprint density at radius 1 is 1.06 bits per heavy atom. The number of sulfonamides is 1. The molecule has 0 amide bonds. The third kappa shape index (κ3) is 3.12. The highest BCUT2D eigenvalue weighted by atomic mass is 32.2. The van der Waals surface area contributed by atoms with E-state index in [4.69, 9.17) is 14.2 Å². The van der Waals surface area contributed by atoms with Gasteiger partial charge in [0.05, 0.1) is 17.7 Å². The molecule has 8 nitrogen and oxygen atoms in total. The summed E-state index contributed by atoms with van der Waals surface area (Å²) in [5, 5.41) is 10.3. The summed E-state index contributed by atoms with van der Waals surface area (Å²) in [7, 11) is -2.75. The molecule has 0 aromatic heterocycles. The summed E-state index contributed by atoms with van der Waals surface area (Å²) in [5.41, 5.74) is 1.42. The van der Waals surface area contributed by atoms with Crippen LogP contribution in [0.2, 0.25) is 0 Å². The first-order chi connectivity index (χ1) is 15.8. The number of benzene rings is 3. The van der Waals surface area contributed by atoms with Crippen molar-refractivity contribution >= 4 is 27.3 Å². The lowest BCUT2D eigenvalue weighted by Crippen LogP contribution is -2.38. The van der Waals surface area contributed by atoms with Crippen LogP contribution in [0, 0.1) is 6.92 Å². The normalized spacial score (nSPS) is 15.9. The van der Waals surface area contributed by atoms with E-state index in [-0.39, 0.29) is 34.2 Å². The van der Waals surface area contributed by atoms with Crippen LogP contribution in [-0.2, 0) is 14.8 Å². The number of nitrogens with zero attached hydrogens (tertiary/aromatic N) is 1. The quantitative estimate of drug-likeness (QED) is 0.625. The van der Waals surface area contributed by atoms with Crippen LogP contribution < -0.4 is 18.5 Å². The third-order valence-corrected chi connectivity index (χ3v) is 7.37. The molecule has 0 unspecified atom stereocenters. The highest BCUT2D eigenvalue weighted by molar-refractivity contribution is 7.93. The summed E-state index contributed by atoms with van der Waals surface area (Å²) in [6, 6.07) is 16.3. The van der Waals surface area contributed by atoms with E-state index < -0.39 is 16.0 Å². The van der Waals surface area contributed by atoms with E-state index in [2.05, 4.69) is 0 Å². The first kappa shape index (κ1) is 20.9.